The van der Waals surface area contributed by atoms with Gasteiger partial charge in [0.1, 0.15) is 17.2 Å². The Balaban J connectivity index is 2.31. The number of benzene rings is 1. The highest BCUT2D eigenvalue weighted by molar-refractivity contribution is 5.95. The van der Waals surface area contributed by atoms with Gasteiger partial charge in [-0.1, -0.05) is 0 Å². The van der Waals surface area contributed by atoms with Gasteiger partial charge in [0.2, 0.25) is 5.95 Å². The van der Waals surface area contributed by atoms with E-state index in [2.05, 4.69) is 20.2 Å². The number of halogens is 2. The van der Waals surface area contributed by atoms with Gasteiger partial charge in [0.15, 0.2) is 5.82 Å². The molecule has 3 rings (SSSR count). The van der Waals surface area contributed by atoms with Crippen molar-refractivity contribution >= 4 is 22.7 Å². The van der Waals surface area contributed by atoms with Crippen molar-refractivity contribution < 1.29 is 8.78 Å². The lowest BCUT2D eigenvalue weighted by Gasteiger charge is -2.03. The summed E-state index contributed by atoms with van der Waals surface area (Å²) in [5.41, 5.74) is 11.8. The number of hydrogen-bond donors (Lipinski definition) is 3. The Morgan fingerprint density at radius 2 is 1.95 bits per heavy atom. The van der Waals surface area contributed by atoms with Gasteiger partial charge < -0.3 is 11.5 Å². The number of anilines is 2. The summed E-state index contributed by atoms with van der Waals surface area (Å²) >= 11 is 0. The monoisotopic (exact) mass is 262 g/mol. The summed E-state index contributed by atoms with van der Waals surface area (Å²) in [6.07, 6.45) is 1.37. The van der Waals surface area contributed by atoms with Gasteiger partial charge in [-0.2, -0.15) is 10.1 Å². The predicted octanol–water partition coefficient (Wildman–Crippen LogP) is 1.46. The Labute approximate surface area is 105 Å². The van der Waals surface area contributed by atoms with Crippen molar-refractivity contribution in [3.63, 3.8) is 0 Å². The summed E-state index contributed by atoms with van der Waals surface area (Å²) in [7, 11) is 0. The van der Waals surface area contributed by atoms with Crippen LogP contribution in [0.4, 0.5) is 20.5 Å². The third-order valence-electron chi connectivity index (χ3n) is 2.68. The minimum atomic E-state index is -0.757. The van der Waals surface area contributed by atoms with Gasteiger partial charge >= 0.3 is 0 Å². The second-order valence-corrected chi connectivity index (χ2v) is 3.91. The third-order valence-corrected chi connectivity index (χ3v) is 2.68. The van der Waals surface area contributed by atoms with Crippen LogP contribution in [-0.4, -0.2) is 20.2 Å². The van der Waals surface area contributed by atoms with E-state index in [4.69, 9.17) is 11.5 Å². The molecule has 0 bridgehead atoms. The van der Waals surface area contributed by atoms with Gasteiger partial charge in [0.25, 0.3) is 0 Å². The Morgan fingerprint density at radius 1 is 1.16 bits per heavy atom. The van der Waals surface area contributed by atoms with Crippen LogP contribution in [0.2, 0.25) is 0 Å². The number of hydrogen-bond acceptors (Lipinski definition) is 5. The summed E-state index contributed by atoms with van der Waals surface area (Å²) in [6, 6.07) is 1.92. The summed E-state index contributed by atoms with van der Waals surface area (Å²) < 4.78 is 26.8. The van der Waals surface area contributed by atoms with Crippen LogP contribution in [0.25, 0.3) is 22.2 Å². The zero-order valence-corrected chi connectivity index (χ0v) is 9.48. The maximum absolute atomic E-state index is 13.5. The van der Waals surface area contributed by atoms with E-state index in [1.165, 1.54) is 6.20 Å². The fraction of sp³-hybridized carbons (Fsp3) is 0. The van der Waals surface area contributed by atoms with Gasteiger partial charge in [-0.05, 0) is 6.07 Å². The molecule has 0 radical (unpaired) electrons. The standard InChI is InChI=1S/C11H8F2N6/c12-4-1-5-8(18-19-9(5)7(13)2-4)6-3-16-11(15)17-10(6)14/h1-3H,(H,18,19)(H4,14,15,16,17). The Bertz CT molecular complexity index is 782. The lowest BCUT2D eigenvalue weighted by atomic mass is 10.1. The van der Waals surface area contributed by atoms with Crippen molar-refractivity contribution in [3.05, 3.63) is 30.0 Å². The zero-order valence-electron chi connectivity index (χ0n) is 9.48. The molecular weight excluding hydrogens is 254 g/mol. The first-order valence-electron chi connectivity index (χ1n) is 5.27. The first-order chi connectivity index (χ1) is 9.06. The molecule has 5 N–H and O–H groups in total. The van der Waals surface area contributed by atoms with Crippen molar-refractivity contribution in [1.82, 2.24) is 20.2 Å². The Hall–Kier alpha value is -2.77. The van der Waals surface area contributed by atoms with Crippen LogP contribution in [0.15, 0.2) is 18.3 Å². The second kappa shape index (κ2) is 3.87. The summed E-state index contributed by atoms with van der Waals surface area (Å²) in [4.78, 5) is 7.59. The SMILES string of the molecule is Nc1ncc(-c2[nH]nc3c(F)cc(F)cc23)c(N)n1. The van der Waals surface area contributed by atoms with Crippen molar-refractivity contribution in [1.29, 1.82) is 0 Å². The van der Waals surface area contributed by atoms with Crippen molar-refractivity contribution in [3.8, 4) is 11.3 Å². The van der Waals surface area contributed by atoms with Crippen LogP contribution in [0.1, 0.15) is 0 Å². The molecule has 3 aromatic rings. The Kier molecular flexibility index (Phi) is 2.31. The van der Waals surface area contributed by atoms with Gasteiger partial charge in [0.05, 0.1) is 11.3 Å². The van der Waals surface area contributed by atoms with Gasteiger partial charge in [-0.25, -0.2) is 13.8 Å². The van der Waals surface area contributed by atoms with E-state index in [0.29, 0.717) is 11.3 Å². The molecule has 96 valence electrons. The van der Waals surface area contributed by atoms with Gasteiger partial charge in [0, 0.05) is 17.6 Å². The third kappa shape index (κ3) is 1.73. The van der Waals surface area contributed by atoms with Crippen molar-refractivity contribution in [2.75, 3.05) is 11.5 Å². The first-order valence-corrected chi connectivity index (χ1v) is 5.27. The molecule has 0 atom stereocenters. The molecule has 0 spiro atoms. The lowest BCUT2D eigenvalue weighted by molar-refractivity contribution is 0.590. The summed E-state index contributed by atoms with van der Waals surface area (Å²) in [5.74, 6) is -1.35. The molecule has 2 heterocycles. The average molecular weight is 262 g/mol. The van der Waals surface area contributed by atoms with Crippen LogP contribution in [-0.2, 0) is 0 Å². The fourth-order valence-electron chi connectivity index (χ4n) is 1.85. The number of nitrogens with zero attached hydrogens (tertiary/aromatic N) is 3. The quantitative estimate of drug-likeness (QED) is 0.615. The minimum Gasteiger partial charge on any atom is -0.383 e. The number of H-pyrrole nitrogens is 1. The molecule has 0 saturated heterocycles. The maximum atomic E-state index is 13.5. The molecule has 0 aliphatic heterocycles. The molecule has 0 unspecified atom stereocenters. The number of fused-ring (bicyclic) bond motifs is 1. The fourth-order valence-corrected chi connectivity index (χ4v) is 1.85. The highest BCUT2D eigenvalue weighted by Gasteiger charge is 2.15. The number of aromatic amines is 1. The molecular formula is C11H8F2N6. The van der Waals surface area contributed by atoms with Crippen LogP contribution < -0.4 is 11.5 Å². The maximum Gasteiger partial charge on any atom is 0.221 e. The van der Waals surface area contributed by atoms with Crippen molar-refractivity contribution in [2.45, 2.75) is 0 Å². The molecule has 0 saturated carbocycles. The van der Waals surface area contributed by atoms with Crippen LogP contribution in [0.3, 0.4) is 0 Å². The molecule has 2 aromatic heterocycles. The van der Waals surface area contributed by atoms with Crippen LogP contribution in [0.5, 0.6) is 0 Å². The molecule has 8 heteroatoms. The van der Waals surface area contributed by atoms with E-state index in [1.807, 2.05) is 0 Å². The van der Waals surface area contributed by atoms with Gasteiger partial charge in [-0.15, -0.1) is 0 Å². The molecule has 0 fully saturated rings. The van der Waals surface area contributed by atoms with E-state index >= 15 is 0 Å². The molecule has 6 nitrogen and oxygen atoms in total. The van der Waals surface area contributed by atoms with E-state index in [0.717, 1.165) is 12.1 Å². The predicted molar refractivity (Wildman–Crippen MR) is 65.9 cm³/mol. The smallest absolute Gasteiger partial charge is 0.221 e. The number of nitrogen functional groups attached to an aromatic ring is 2. The topological polar surface area (TPSA) is 106 Å². The van der Waals surface area contributed by atoms with Crippen LogP contribution >= 0.6 is 0 Å². The molecule has 0 aliphatic carbocycles. The highest BCUT2D eigenvalue weighted by atomic mass is 19.1. The van der Waals surface area contributed by atoms with E-state index in [1.54, 1.807) is 0 Å². The van der Waals surface area contributed by atoms with E-state index in [-0.39, 0.29) is 22.7 Å². The number of nitrogens with one attached hydrogen (secondary N) is 1. The molecule has 0 aliphatic rings. The lowest BCUT2D eigenvalue weighted by Crippen LogP contribution is -2.01. The number of nitrogens with two attached hydrogens (primary N) is 2. The largest absolute Gasteiger partial charge is 0.383 e. The average Bonchev–Trinajstić information content (AvgIpc) is 2.73. The normalized spacial score (nSPS) is 11.1. The number of rotatable bonds is 1. The summed E-state index contributed by atoms with van der Waals surface area (Å²) in [5, 5.41) is 6.65. The Morgan fingerprint density at radius 3 is 2.68 bits per heavy atom. The molecule has 0 amide bonds. The minimum absolute atomic E-state index is 0.0161. The zero-order chi connectivity index (χ0) is 13.6. The summed E-state index contributed by atoms with van der Waals surface area (Å²) in [6.45, 7) is 0. The molecule has 1 aromatic carbocycles. The number of aromatic nitrogens is 4. The van der Waals surface area contributed by atoms with Crippen molar-refractivity contribution in [2.24, 2.45) is 0 Å². The van der Waals surface area contributed by atoms with Gasteiger partial charge in [-0.3, -0.25) is 5.10 Å². The van der Waals surface area contributed by atoms with Crippen LogP contribution in [0, 0.1) is 11.6 Å². The van der Waals surface area contributed by atoms with E-state index in [9.17, 15) is 8.78 Å². The second-order valence-electron chi connectivity index (χ2n) is 3.91. The molecule has 19 heavy (non-hydrogen) atoms. The first kappa shape index (κ1) is 11.3. The highest BCUT2D eigenvalue weighted by Crippen LogP contribution is 2.30. The van der Waals surface area contributed by atoms with E-state index < -0.39 is 11.6 Å².